The van der Waals surface area contributed by atoms with Crippen LogP contribution in [0.1, 0.15) is 36.6 Å². The molecular formula is C30H29NO5S2. The molecule has 4 rings (SSSR count). The van der Waals surface area contributed by atoms with Crippen LogP contribution >= 0.6 is 24.0 Å². The molecule has 0 saturated carbocycles. The van der Waals surface area contributed by atoms with Crippen molar-refractivity contribution in [2.45, 2.75) is 26.4 Å². The molecule has 3 aromatic carbocycles. The molecule has 1 unspecified atom stereocenters. The second-order valence-corrected chi connectivity index (χ2v) is 10.8. The number of ether oxygens (including phenoxy) is 2. The third kappa shape index (κ3) is 7.02. The van der Waals surface area contributed by atoms with Crippen LogP contribution in [0.25, 0.3) is 6.08 Å². The maximum atomic E-state index is 12.8. The molecule has 38 heavy (non-hydrogen) atoms. The topological polar surface area (TPSA) is 76.1 Å². The Morgan fingerprint density at radius 2 is 1.71 bits per heavy atom. The molecule has 3 aromatic rings. The number of hydrogen-bond acceptors (Lipinski definition) is 6. The molecule has 0 radical (unpaired) electrons. The number of aliphatic carboxylic acids is 1. The van der Waals surface area contributed by atoms with Crippen LogP contribution in [-0.4, -0.2) is 39.4 Å². The lowest BCUT2D eigenvalue weighted by Gasteiger charge is -2.25. The van der Waals surface area contributed by atoms with Crippen LogP contribution in [0.5, 0.6) is 11.5 Å². The van der Waals surface area contributed by atoms with Crippen molar-refractivity contribution in [2.24, 2.45) is 5.92 Å². The lowest BCUT2D eigenvalue weighted by Crippen LogP contribution is -2.33. The minimum Gasteiger partial charge on any atom is -0.489 e. The number of carbonyl (C=O) groups is 2. The summed E-state index contributed by atoms with van der Waals surface area (Å²) in [5, 5.41) is 9.11. The van der Waals surface area contributed by atoms with E-state index in [1.54, 1.807) is 6.08 Å². The van der Waals surface area contributed by atoms with E-state index in [1.807, 2.05) is 66.7 Å². The van der Waals surface area contributed by atoms with Gasteiger partial charge >= 0.3 is 5.97 Å². The van der Waals surface area contributed by atoms with Gasteiger partial charge in [0.2, 0.25) is 0 Å². The number of nitrogens with zero attached hydrogens (tertiary/aromatic N) is 1. The molecule has 0 bridgehead atoms. The Labute approximate surface area is 232 Å². The molecule has 0 aromatic heterocycles. The van der Waals surface area contributed by atoms with Crippen LogP contribution in [0.4, 0.5) is 0 Å². The third-order valence-corrected chi connectivity index (χ3v) is 7.29. The number of carbonyl (C=O) groups excluding carboxylic acids is 1. The molecule has 1 heterocycles. The monoisotopic (exact) mass is 547 g/mol. The van der Waals surface area contributed by atoms with E-state index in [2.05, 4.69) is 26.0 Å². The van der Waals surface area contributed by atoms with Gasteiger partial charge in [0.05, 0.1) is 11.5 Å². The fourth-order valence-corrected chi connectivity index (χ4v) is 5.30. The molecule has 1 fully saturated rings. The van der Waals surface area contributed by atoms with Crippen LogP contribution in [0.15, 0.2) is 83.8 Å². The van der Waals surface area contributed by atoms with Crippen molar-refractivity contribution in [2.75, 3.05) is 13.2 Å². The molecule has 6 nitrogen and oxygen atoms in total. The zero-order chi connectivity index (χ0) is 27.1. The molecule has 1 atom stereocenters. The molecule has 1 amide bonds. The van der Waals surface area contributed by atoms with Gasteiger partial charge in [-0.2, -0.15) is 0 Å². The second-order valence-electron chi connectivity index (χ2n) is 9.14. The van der Waals surface area contributed by atoms with Gasteiger partial charge in [0, 0.05) is 6.42 Å². The fourth-order valence-electron chi connectivity index (χ4n) is 4.04. The first-order valence-electron chi connectivity index (χ1n) is 12.3. The van der Waals surface area contributed by atoms with Crippen LogP contribution in [-0.2, 0) is 16.0 Å². The number of hydrogen-bond donors (Lipinski definition) is 1. The highest BCUT2D eigenvalue weighted by atomic mass is 32.2. The summed E-state index contributed by atoms with van der Waals surface area (Å²) in [6.45, 7) is 4.22. The minimum absolute atomic E-state index is 0.186. The Bertz CT molecular complexity index is 1320. The first-order valence-corrected chi connectivity index (χ1v) is 13.5. The van der Waals surface area contributed by atoms with Crippen molar-refractivity contribution in [3.63, 3.8) is 0 Å². The van der Waals surface area contributed by atoms with E-state index in [1.165, 1.54) is 5.56 Å². The van der Waals surface area contributed by atoms with Gasteiger partial charge in [-0.3, -0.25) is 14.5 Å². The zero-order valence-corrected chi connectivity index (χ0v) is 22.8. The highest BCUT2D eigenvalue weighted by molar-refractivity contribution is 8.26. The molecule has 0 spiro atoms. The zero-order valence-electron chi connectivity index (χ0n) is 21.2. The highest BCUT2D eigenvalue weighted by Gasteiger charge is 2.33. The average molecular weight is 548 g/mol. The van der Waals surface area contributed by atoms with E-state index < -0.39 is 18.4 Å². The number of thioether (sulfide) groups is 1. The van der Waals surface area contributed by atoms with Gasteiger partial charge in [0.15, 0.2) is 11.5 Å². The molecule has 196 valence electrons. The van der Waals surface area contributed by atoms with Crippen molar-refractivity contribution < 1.29 is 24.2 Å². The summed E-state index contributed by atoms with van der Waals surface area (Å²) in [6.07, 6.45) is 2.24. The fraction of sp³-hybridized carbons (Fsp3) is 0.233. The predicted octanol–water partition coefficient (Wildman–Crippen LogP) is 6.37. The molecule has 1 aliphatic heterocycles. The van der Waals surface area contributed by atoms with Crippen molar-refractivity contribution in [1.29, 1.82) is 0 Å². The first kappa shape index (κ1) is 27.4. The Kier molecular flexibility index (Phi) is 9.20. The summed E-state index contributed by atoms with van der Waals surface area (Å²) >= 11 is 6.31. The minimum atomic E-state index is -1.11. The van der Waals surface area contributed by atoms with Crippen LogP contribution < -0.4 is 9.47 Å². The third-order valence-electron chi connectivity index (χ3n) is 5.91. The number of amides is 1. The summed E-state index contributed by atoms with van der Waals surface area (Å²) in [4.78, 5) is 25.4. The van der Waals surface area contributed by atoms with Crippen LogP contribution in [0.3, 0.4) is 0 Å². The Morgan fingerprint density at radius 1 is 1.03 bits per heavy atom. The van der Waals surface area contributed by atoms with Crippen molar-refractivity contribution in [1.82, 2.24) is 4.90 Å². The summed E-state index contributed by atoms with van der Waals surface area (Å²) in [5.41, 5.74) is 2.96. The average Bonchev–Trinajstić information content (AvgIpc) is 3.16. The SMILES string of the molecule is CC(C)C(Oc1cc(/C=C2\SC(=S)N(CC(=O)O)C2=O)ccc1OCCc1ccccc1)c1ccccc1. The van der Waals surface area contributed by atoms with E-state index in [0.717, 1.165) is 34.2 Å². The van der Waals surface area contributed by atoms with Gasteiger partial charge in [-0.1, -0.05) is 105 Å². The second kappa shape index (κ2) is 12.8. The number of carboxylic acid groups (broad SMARTS) is 1. The number of rotatable bonds is 11. The van der Waals surface area contributed by atoms with Gasteiger partial charge in [0.1, 0.15) is 17.0 Å². The summed E-state index contributed by atoms with van der Waals surface area (Å²) in [6, 6.07) is 25.7. The van der Waals surface area contributed by atoms with Gasteiger partial charge < -0.3 is 14.6 Å². The Hall–Kier alpha value is -3.62. The summed E-state index contributed by atoms with van der Waals surface area (Å²) in [7, 11) is 0. The van der Waals surface area contributed by atoms with Crippen LogP contribution in [0.2, 0.25) is 0 Å². The number of thiocarbonyl (C=S) groups is 1. The predicted molar refractivity (Wildman–Crippen MR) is 154 cm³/mol. The highest BCUT2D eigenvalue weighted by Crippen LogP contribution is 2.38. The first-order chi connectivity index (χ1) is 18.3. The lowest BCUT2D eigenvalue weighted by atomic mass is 9.99. The van der Waals surface area contributed by atoms with Crippen LogP contribution in [0, 0.1) is 5.92 Å². The molecule has 8 heteroatoms. The maximum absolute atomic E-state index is 12.8. The molecule has 1 N–H and O–H groups in total. The maximum Gasteiger partial charge on any atom is 0.323 e. The normalized spacial score (nSPS) is 15.2. The molecule has 1 aliphatic rings. The molecule has 1 saturated heterocycles. The van der Waals surface area contributed by atoms with Gasteiger partial charge in [-0.05, 0) is 40.8 Å². The van der Waals surface area contributed by atoms with Crippen molar-refractivity contribution in [3.8, 4) is 11.5 Å². The number of carboxylic acids is 1. The largest absolute Gasteiger partial charge is 0.489 e. The number of benzene rings is 3. The van der Waals surface area contributed by atoms with Crippen molar-refractivity contribution in [3.05, 3.63) is 100 Å². The lowest BCUT2D eigenvalue weighted by molar-refractivity contribution is -0.140. The quantitative estimate of drug-likeness (QED) is 0.221. The van der Waals surface area contributed by atoms with E-state index >= 15 is 0 Å². The summed E-state index contributed by atoms with van der Waals surface area (Å²) in [5.74, 6) is -0.174. The molecule has 0 aliphatic carbocycles. The summed E-state index contributed by atoms with van der Waals surface area (Å²) < 4.78 is 13.0. The van der Waals surface area contributed by atoms with E-state index in [0.29, 0.717) is 23.0 Å². The van der Waals surface area contributed by atoms with Gasteiger partial charge in [-0.25, -0.2) is 0 Å². The smallest absolute Gasteiger partial charge is 0.323 e. The molecular weight excluding hydrogens is 518 g/mol. The van der Waals surface area contributed by atoms with E-state index in [4.69, 9.17) is 26.8 Å². The van der Waals surface area contributed by atoms with Crippen molar-refractivity contribution >= 4 is 46.3 Å². The van der Waals surface area contributed by atoms with Gasteiger partial charge in [0.25, 0.3) is 5.91 Å². The standard InChI is InChI=1S/C30H29NO5S2/c1-20(2)28(23-11-7-4-8-12-23)36-25-17-22(18-26-29(34)31(19-27(32)33)30(37)38-26)13-14-24(25)35-16-15-21-9-5-3-6-10-21/h3-14,17-18,20,28H,15-16,19H2,1-2H3,(H,32,33)/b26-18-. The van der Waals surface area contributed by atoms with E-state index in [9.17, 15) is 9.59 Å². The Morgan fingerprint density at radius 3 is 2.37 bits per heavy atom. The van der Waals surface area contributed by atoms with Gasteiger partial charge in [-0.15, -0.1) is 0 Å². The Balaban J connectivity index is 1.62. The van der Waals surface area contributed by atoms with E-state index in [-0.39, 0.29) is 16.3 Å².